The van der Waals surface area contributed by atoms with Crippen LogP contribution >= 0.6 is 0 Å². The van der Waals surface area contributed by atoms with Crippen LogP contribution in [-0.2, 0) is 25.7 Å². The van der Waals surface area contributed by atoms with Gasteiger partial charge in [-0.3, -0.25) is 19.8 Å². The van der Waals surface area contributed by atoms with E-state index in [4.69, 9.17) is 16.2 Å². The molecule has 0 aromatic heterocycles. The number of nitrogens with two attached hydrogens (primary N) is 2. The van der Waals surface area contributed by atoms with Gasteiger partial charge < -0.3 is 21.5 Å². The summed E-state index contributed by atoms with van der Waals surface area (Å²) in [5.41, 5.74) is 16.1. The van der Waals surface area contributed by atoms with Gasteiger partial charge in [0.25, 0.3) is 5.91 Å². The lowest BCUT2D eigenvalue weighted by Gasteiger charge is -2.16. The average Bonchev–Trinajstić information content (AvgIpc) is 2.57. The predicted molar refractivity (Wildman–Crippen MR) is 87.0 cm³/mol. The number of hydrogen-bond acceptors (Lipinski definition) is 7. The van der Waals surface area contributed by atoms with Crippen molar-refractivity contribution in [3.8, 4) is 0 Å². The lowest BCUT2D eigenvalue weighted by Crippen LogP contribution is -2.52. The minimum absolute atomic E-state index is 0.150. The van der Waals surface area contributed by atoms with E-state index >= 15 is 0 Å². The van der Waals surface area contributed by atoms with E-state index in [1.54, 1.807) is 0 Å². The van der Waals surface area contributed by atoms with Crippen LogP contribution in [0.1, 0.15) is 12.0 Å². The maximum atomic E-state index is 11.9. The Morgan fingerprint density at radius 3 is 2.50 bits per heavy atom. The summed E-state index contributed by atoms with van der Waals surface area (Å²) in [6.45, 7) is 0.600. The fourth-order valence-electron chi connectivity index (χ4n) is 1.80. The quantitative estimate of drug-likeness (QED) is 0.235. The van der Waals surface area contributed by atoms with Gasteiger partial charge in [0.05, 0.1) is 12.5 Å². The normalized spacial score (nSPS) is 11.5. The number of hydrogen-bond donors (Lipinski definition) is 5. The maximum absolute atomic E-state index is 11.9. The highest BCUT2D eigenvalue weighted by Gasteiger charge is 2.19. The SMILES string of the molecule is NCCN[C@@H](CC(N)=O)C(=O)NNCC(=O)OCc1ccccc1. The zero-order valence-corrected chi connectivity index (χ0v) is 13.3. The van der Waals surface area contributed by atoms with Crippen LogP contribution in [0.25, 0.3) is 0 Å². The number of primary amides is 1. The third-order valence-electron chi connectivity index (χ3n) is 2.94. The number of carbonyl (C=O) groups is 3. The Balaban J connectivity index is 2.29. The van der Waals surface area contributed by atoms with Gasteiger partial charge in [-0.2, -0.15) is 0 Å². The predicted octanol–water partition coefficient (Wildman–Crippen LogP) is -1.86. The Morgan fingerprint density at radius 2 is 1.88 bits per heavy atom. The van der Waals surface area contributed by atoms with E-state index in [2.05, 4.69) is 16.2 Å². The molecule has 7 N–H and O–H groups in total. The molecule has 0 aliphatic heterocycles. The first kappa shape index (κ1) is 19.6. The molecule has 24 heavy (non-hydrogen) atoms. The summed E-state index contributed by atoms with van der Waals surface area (Å²) >= 11 is 0. The first-order chi connectivity index (χ1) is 11.5. The molecule has 1 aromatic rings. The average molecular weight is 337 g/mol. The van der Waals surface area contributed by atoms with Gasteiger partial charge in [0, 0.05) is 13.1 Å². The fraction of sp³-hybridized carbons (Fsp3) is 0.400. The van der Waals surface area contributed by atoms with E-state index in [0.29, 0.717) is 13.1 Å². The van der Waals surface area contributed by atoms with Crippen molar-refractivity contribution >= 4 is 17.8 Å². The second-order valence-corrected chi connectivity index (χ2v) is 4.95. The van der Waals surface area contributed by atoms with E-state index in [9.17, 15) is 14.4 Å². The van der Waals surface area contributed by atoms with Gasteiger partial charge in [-0.25, -0.2) is 5.43 Å². The lowest BCUT2D eigenvalue weighted by molar-refractivity contribution is -0.144. The fourth-order valence-corrected chi connectivity index (χ4v) is 1.80. The van der Waals surface area contributed by atoms with Gasteiger partial charge in [0.1, 0.15) is 13.2 Å². The lowest BCUT2D eigenvalue weighted by atomic mass is 10.2. The van der Waals surface area contributed by atoms with Crippen molar-refractivity contribution in [2.75, 3.05) is 19.6 Å². The topological polar surface area (TPSA) is 149 Å². The van der Waals surface area contributed by atoms with E-state index in [-0.39, 0.29) is 19.6 Å². The molecule has 1 rings (SSSR count). The first-order valence-electron chi connectivity index (χ1n) is 7.47. The van der Waals surface area contributed by atoms with Crippen LogP contribution < -0.4 is 27.6 Å². The summed E-state index contributed by atoms with van der Waals surface area (Å²) in [6.07, 6.45) is -0.175. The molecular weight excluding hydrogens is 314 g/mol. The summed E-state index contributed by atoms with van der Waals surface area (Å²) in [5.74, 6) is -1.67. The van der Waals surface area contributed by atoms with Gasteiger partial charge in [0.15, 0.2) is 0 Å². The second-order valence-electron chi connectivity index (χ2n) is 4.95. The van der Waals surface area contributed by atoms with Crippen LogP contribution in [0.5, 0.6) is 0 Å². The van der Waals surface area contributed by atoms with E-state index in [0.717, 1.165) is 5.56 Å². The smallest absolute Gasteiger partial charge is 0.322 e. The van der Waals surface area contributed by atoms with Crippen molar-refractivity contribution in [1.82, 2.24) is 16.2 Å². The molecule has 0 radical (unpaired) electrons. The number of ether oxygens (including phenoxy) is 1. The van der Waals surface area contributed by atoms with Crippen LogP contribution in [0.15, 0.2) is 30.3 Å². The Morgan fingerprint density at radius 1 is 1.17 bits per heavy atom. The number of esters is 1. The molecule has 2 amide bonds. The highest BCUT2D eigenvalue weighted by Crippen LogP contribution is 2.00. The van der Waals surface area contributed by atoms with Crippen molar-refractivity contribution in [1.29, 1.82) is 0 Å². The molecule has 0 aliphatic rings. The number of rotatable bonds is 11. The molecule has 1 aromatic carbocycles. The van der Waals surface area contributed by atoms with Crippen molar-refractivity contribution in [3.63, 3.8) is 0 Å². The van der Waals surface area contributed by atoms with Crippen LogP contribution in [0.2, 0.25) is 0 Å². The molecule has 132 valence electrons. The largest absolute Gasteiger partial charge is 0.460 e. The summed E-state index contributed by atoms with van der Waals surface area (Å²) in [7, 11) is 0. The van der Waals surface area contributed by atoms with Crippen LogP contribution in [-0.4, -0.2) is 43.5 Å². The number of hydrazine groups is 1. The van der Waals surface area contributed by atoms with E-state index in [1.165, 1.54) is 0 Å². The summed E-state index contributed by atoms with van der Waals surface area (Å²) in [4.78, 5) is 34.4. The number of nitrogens with one attached hydrogen (secondary N) is 3. The Bertz CT molecular complexity index is 538. The number of carbonyl (C=O) groups excluding carboxylic acids is 3. The second kappa shape index (κ2) is 11.1. The van der Waals surface area contributed by atoms with Crippen LogP contribution in [0, 0.1) is 0 Å². The molecule has 0 bridgehead atoms. The van der Waals surface area contributed by atoms with Gasteiger partial charge in [-0.1, -0.05) is 30.3 Å². The van der Waals surface area contributed by atoms with Gasteiger partial charge in [0.2, 0.25) is 5.91 Å². The molecule has 0 fully saturated rings. The summed E-state index contributed by atoms with van der Waals surface area (Å²) in [6, 6.07) is 8.40. The summed E-state index contributed by atoms with van der Waals surface area (Å²) < 4.78 is 5.04. The van der Waals surface area contributed by atoms with Crippen LogP contribution in [0.4, 0.5) is 0 Å². The summed E-state index contributed by atoms with van der Waals surface area (Å²) in [5, 5.41) is 2.79. The molecule has 9 nitrogen and oxygen atoms in total. The maximum Gasteiger partial charge on any atom is 0.322 e. The van der Waals surface area contributed by atoms with Crippen molar-refractivity contribution in [3.05, 3.63) is 35.9 Å². The standard InChI is InChI=1S/C15H23N5O4/c16-6-7-18-12(8-13(17)21)15(23)20-19-9-14(22)24-10-11-4-2-1-3-5-11/h1-5,12,18-19H,6-10,16H2,(H2,17,21)(H,20,23)/t12-/m0/s1. The minimum atomic E-state index is -0.820. The molecule has 0 saturated heterocycles. The van der Waals surface area contributed by atoms with Crippen molar-refractivity contribution in [2.24, 2.45) is 11.5 Å². The molecule has 0 aliphatic carbocycles. The Kier molecular flexibility index (Phi) is 9.05. The molecular formula is C15H23N5O4. The van der Waals surface area contributed by atoms with Crippen molar-refractivity contribution in [2.45, 2.75) is 19.1 Å². The zero-order valence-electron chi connectivity index (χ0n) is 13.3. The highest BCUT2D eigenvalue weighted by molar-refractivity contribution is 5.87. The van der Waals surface area contributed by atoms with Crippen LogP contribution in [0.3, 0.4) is 0 Å². The first-order valence-corrected chi connectivity index (χ1v) is 7.47. The number of amides is 2. The molecule has 0 saturated carbocycles. The Hall–Kier alpha value is -2.49. The van der Waals surface area contributed by atoms with E-state index < -0.39 is 23.8 Å². The zero-order chi connectivity index (χ0) is 17.8. The Labute approximate surface area is 140 Å². The molecule has 0 spiro atoms. The third kappa shape index (κ3) is 8.22. The molecule has 1 atom stereocenters. The highest BCUT2D eigenvalue weighted by atomic mass is 16.5. The number of benzene rings is 1. The molecule has 0 heterocycles. The molecule has 9 heteroatoms. The van der Waals surface area contributed by atoms with Crippen molar-refractivity contribution < 1.29 is 19.1 Å². The molecule has 0 unspecified atom stereocenters. The monoisotopic (exact) mass is 337 g/mol. The van der Waals surface area contributed by atoms with Gasteiger partial charge in [-0.15, -0.1) is 0 Å². The third-order valence-corrected chi connectivity index (χ3v) is 2.94. The van der Waals surface area contributed by atoms with E-state index in [1.807, 2.05) is 30.3 Å². The van der Waals surface area contributed by atoms with Gasteiger partial charge in [-0.05, 0) is 5.56 Å². The minimum Gasteiger partial charge on any atom is -0.460 e. The van der Waals surface area contributed by atoms with Gasteiger partial charge >= 0.3 is 5.97 Å².